The maximum absolute atomic E-state index is 12.4. The van der Waals surface area contributed by atoms with E-state index >= 15 is 0 Å². The predicted octanol–water partition coefficient (Wildman–Crippen LogP) is 2.85. The zero-order valence-electron chi connectivity index (χ0n) is 11.6. The molecule has 0 aliphatic carbocycles. The molecule has 1 fully saturated rings. The van der Waals surface area contributed by atoms with Crippen LogP contribution in [-0.2, 0) is 4.74 Å². The van der Waals surface area contributed by atoms with Gasteiger partial charge >= 0.3 is 0 Å². The van der Waals surface area contributed by atoms with Crippen LogP contribution in [0.15, 0.2) is 24.3 Å². The van der Waals surface area contributed by atoms with E-state index < -0.39 is 0 Å². The van der Waals surface area contributed by atoms with Gasteiger partial charge in [-0.1, -0.05) is 19.1 Å². The number of para-hydroxylation sites is 1. The number of anilines is 1. The average Bonchev–Trinajstić information content (AvgIpc) is 2.48. The van der Waals surface area contributed by atoms with Gasteiger partial charge in [-0.3, -0.25) is 4.79 Å². The fourth-order valence-corrected chi connectivity index (χ4v) is 2.56. The first-order valence-electron chi connectivity index (χ1n) is 6.70. The van der Waals surface area contributed by atoms with Gasteiger partial charge < -0.3 is 9.64 Å². The molecule has 0 spiro atoms. The Kier molecular flexibility index (Phi) is 5.28. The lowest BCUT2D eigenvalue weighted by atomic mass is 10.0. The van der Waals surface area contributed by atoms with Crippen LogP contribution >= 0.6 is 11.8 Å². The van der Waals surface area contributed by atoms with Gasteiger partial charge in [-0.05, 0) is 18.4 Å². The Hall–Kier alpha value is -1.00. The van der Waals surface area contributed by atoms with Crippen LogP contribution in [0.4, 0.5) is 5.69 Å². The van der Waals surface area contributed by atoms with Crippen molar-refractivity contribution < 1.29 is 9.53 Å². The van der Waals surface area contributed by atoms with Crippen LogP contribution in [0.1, 0.15) is 23.7 Å². The normalized spacial score (nSPS) is 17.3. The van der Waals surface area contributed by atoms with E-state index in [9.17, 15) is 4.79 Å². The minimum absolute atomic E-state index is 0.240. The monoisotopic (exact) mass is 279 g/mol. The first kappa shape index (κ1) is 14.4. The zero-order valence-corrected chi connectivity index (χ0v) is 12.4. The third-order valence-electron chi connectivity index (χ3n) is 3.43. The van der Waals surface area contributed by atoms with Gasteiger partial charge in [0.25, 0.3) is 0 Å². The summed E-state index contributed by atoms with van der Waals surface area (Å²) >= 11 is 1.73. The number of ketones is 1. The summed E-state index contributed by atoms with van der Waals surface area (Å²) in [7, 11) is 0. The van der Waals surface area contributed by atoms with Gasteiger partial charge in [-0.15, -0.1) is 0 Å². The topological polar surface area (TPSA) is 29.5 Å². The Balaban J connectivity index is 2.17. The minimum atomic E-state index is 0.240. The van der Waals surface area contributed by atoms with Crippen molar-refractivity contribution in [1.82, 2.24) is 0 Å². The molecule has 1 aromatic carbocycles. The molecule has 0 aromatic heterocycles. The Morgan fingerprint density at radius 3 is 2.74 bits per heavy atom. The number of hydrogen-bond donors (Lipinski definition) is 0. The number of Topliss-reactive ketones (excluding diaryl/α,β-unsaturated/α-hetero) is 1. The standard InChI is InChI=1S/C15H21NO2S/c1-12(19-2)11-15(17)13-5-3-4-6-14(13)16-7-9-18-10-8-16/h3-6,12H,7-11H2,1-2H3. The van der Waals surface area contributed by atoms with E-state index in [1.807, 2.05) is 30.5 Å². The Labute approximate surface area is 119 Å². The van der Waals surface area contributed by atoms with E-state index in [4.69, 9.17) is 4.74 Å². The lowest BCUT2D eigenvalue weighted by molar-refractivity contribution is 0.0982. The van der Waals surface area contributed by atoms with E-state index in [0.29, 0.717) is 11.7 Å². The van der Waals surface area contributed by atoms with Crippen LogP contribution in [0.25, 0.3) is 0 Å². The van der Waals surface area contributed by atoms with Crippen molar-refractivity contribution in [2.75, 3.05) is 37.5 Å². The van der Waals surface area contributed by atoms with Crippen LogP contribution in [-0.4, -0.2) is 43.6 Å². The van der Waals surface area contributed by atoms with E-state index in [-0.39, 0.29) is 5.78 Å². The first-order valence-corrected chi connectivity index (χ1v) is 7.99. The summed E-state index contributed by atoms with van der Waals surface area (Å²) in [6.45, 7) is 5.30. The van der Waals surface area contributed by atoms with Crippen LogP contribution in [0.3, 0.4) is 0 Å². The fraction of sp³-hybridized carbons (Fsp3) is 0.533. The summed E-state index contributed by atoms with van der Waals surface area (Å²) in [6, 6.07) is 7.93. The molecule has 1 atom stereocenters. The number of ether oxygens (including phenoxy) is 1. The molecular weight excluding hydrogens is 258 g/mol. The molecule has 0 N–H and O–H groups in total. The molecule has 1 aliphatic rings. The molecule has 0 radical (unpaired) electrons. The molecule has 104 valence electrons. The molecule has 1 heterocycles. The van der Waals surface area contributed by atoms with Crippen molar-refractivity contribution in [2.24, 2.45) is 0 Å². The molecule has 0 saturated carbocycles. The highest BCUT2D eigenvalue weighted by Crippen LogP contribution is 2.24. The maximum atomic E-state index is 12.4. The number of benzene rings is 1. The fourth-order valence-electron chi connectivity index (χ4n) is 2.24. The SMILES string of the molecule is CSC(C)CC(=O)c1ccccc1N1CCOCC1. The lowest BCUT2D eigenvalue weighted by Crippen LogP contribution is -2.37. The second-order valence-electron chi connectivity index (χ2n) is 4.79. The molecule has 0 bridgehead atoms. The van der Waals surface area contributed by atoms with Gasteiger partial charge in [-0.2, -0.15) is 11.8 Å². The van der Waals surface area contributed by atoms with Crippen molar-refractivity contribution in [3.05, 3.63) is 29.8 Å². The van der Waals surface area contributed by atoms with Crippen molar-refractivity contribution in [2.45, 2.75) is 18.6 Å². The van der Waals surface area contributed by atoms with Gasteiger partial charge in [-0.25, -0.2) is 0 Å². The van der Waals surface area contributed by atoms with E-state index in [0.717, 1.165) is 37.6 Å². The zero-order chi connectivity index (χ0) is 13.7. The minimum Gasteiger partial charge on any atom is -0.378 e. The molecule has 2 rings (SSSR count). The maximum Gasteiger partial charge on any atom is 0.166 e. The lowest BCUT2D eigenvalue weighted by Gasteiger charge is -2.30. The summed E-state index contributed by atoms with van der Waals surface area (Å²) in [5.74, 6) is 0.240. The van der Waals surface area contributed by atoms with E-state index in [1.165, 1.54) is 0 Å². The summed E-state index contributed by atoms with van der Waals surface area (Å²) in [6.07, 6.45) is 2.65. The number of morpholine rings is 1. The van der Waals surface area contributed by atoms with Crippen LogP contribution in [0.2, 0.25) is 0 Å². The van der Waals surface area contributed by atoms with Crippen molar-refractivity contribution in [1.29, 1.82) is 0 Å². The van der Waals surface area contributed by atoms with Gasteiger partial charge in [0.1, 0.15) is 0 Å². The number of carbonyl (C=O) groups is 1. The number of rotatable bonds is 5. The van der Waals surface area contributed by atoms with Crippen LogP contribution < -0.4 is 4.90 Å². The smallest absolute Gasteiger partial charge is 0.166 e. The summed E-state index contributed by atoms with van der Waals surface area (Å²) in [5.41, 5.74) is 1.91. The third kappa shape index (κ3) is 3.74. The summed E-state index contributed by atoms with van der Waals surface area (Å²) < 4.78 is 5.37. The molecular formula is C15H21NO2S. The van der Waals surface area contributed by atoms with Gasteiger partial charge in [0.15, 0.2) is 5.78 Å². The highest BCUT2D eigenvalue weighted by atomic mass is 32.2. The van der Waals surface area contributed by atoms with E-state index in [2.05, 4.69) is 11.8 Å². The molecule has 4 heteroatoms. The first-order chi connectivity index (χ1) is 9.22. The van der Waals surface area contributed by atoms with Crippen LogP contribution in [0, 0.1) is 0 Å². The molecule has 1 aromatic rings. The highest BCUT2D eigenvalue weighted by molar-refractivity contribution is 7.99. The number of hydrogen-bond acceptors (Lipinski definition) is 4. The largest absolute Gasteiger partial charge is 0.378 e. The molecule has 19 heavy (non-hydrogen) atoms. The summed E-state index contributed by atoms with van der Waals surface area (Å²) in [5, 5.41) is 0.366. The quantitative estimate of drug-likeness (QED) is 0.775. The second-order valence-corrected chi connectivity index (χ2v) is 6.07. The Morgan fingerprint density at radius 2 is 2.05 bits per heavy atom. The third-order valence-corrected chi connectivity index (χ3v) is 4.40. The van der Waals surface area contributed by atoms with Gasteiger partial charge in [0.2, 0.25) is 0 Å². The van der Waals surface area contributed by atoms with Gasteiger partial charge in [0, 0.05) is 36.0 Å². The van der Waals surface area contributed by atoms with Crippen LogP contribution in [0.5, 0.6) is 0 Å². The molecule has 1 aliphatic heterocycles. The van der Waals surface area contributed by atoms with Crippen molar-refractivity contribution in [3.63, 3.8) is 0 Å². The number of thioether (sulfide) groups is 1. The Morgan fingerprint density at radius 1 is 1.37 bits per heavy atom. The predicted molar refractivity (Wildman–Crippen MR) is 81.4 cm³/mol. The van der Waals surface area contributed by atoms with E-state index in [1.54, 1.807) is 11.8 Å². The molecule has 0 amide bonds. The summed E-state index contributed by atoms with van der Waals surface area (Å²) in [4.78, 5) is 14.7. The molecule has 1 saturated heterocycles. The number of nitrogens with zero attached hydrogens (tertiary/aromatic N) is 1. The molecule has 1 unspecified atom stereocenters. The van der Waals surface area contributed by atoms with Crippen molar-refractivity contribution in [3.8, 4) is 0 Å². The molecule has 3 nitrogen and oxygen atoms in total. The van der Waals surface area contributed by atoms with Crippen molar-refractivity contribution >= 4 is 23.2 Å². The average molecular weight is 279 g/mol. The second kappa shape index (κ2) is 6.96. The van der Waals surface area contributed by atoms with Gasteiger partial charge in [0.05, 0.1) is 13.2 Å². The highest BCUT2D eigenvalue weighted by Gasteiger charge is 2.19. The number of carbonyl (C=O) groups excluding carboxylic acids is 1. The Bertz CT molecular complexity index is 430.